The standard InChI is InChI=1S/C18H28N2O2/c1-3-14(2)16-8-4-5-9-17(16)22-13-18(21)20-12-15-7-6-10-19-11-15/h4-5,8-9,14-15,19H,3,6-7,10-13H2,1-2H3,(H,20,21). The van der Waals surface area contributed by atoms with Gasteiger partial charge in [-0.25, -0.2) is 0 Å². The lowest BCUT2D eigenvalue weighted by Crippen LogP contribution is -2.39. The van der Waals surface area contributed by atoms with Crippen LogP contribution in [0.5, 0.6) is 5.75 Å². The second-order valence-corrected chi connectivity index (χ2v) is 6.15. The number of hydrogen-bond donors (Lipinski definition) is 2. The molecule has 4 heteroatoms. The zero-order valence-corrected chi connectivity index (χ0v) is 13.7. The molecule has 4 nitrogen and oxygen atoms in total. The van der Waals surface area contributed by atoms with Gasteiger partial charge in [-0.15, -0.1) is 0 Å². The van der Waals surface area contributed by atoms with Gasteiger partial charge in [0, 0.05) is 6.54 Å². The number of rotatable bonds is 7. The lowest BCUT2D eigenvalue weighted by Gasteiger charge is -2.23. The van der Waals surface area contributed by atoms with Gasteiger partial charge in [-0.2, -0.15) is 0 Å². The highest BCUT2D eigenvalue weighted by atomic mass is 16.5. The minimum absolute atomic E-state index is 0.0375. The molecule has 0 bridgehead atoms. The summed E-state index contributed by atoms with van der Waals surface area (Å²) in [5.74, 6) is 1.77. The van der Waals surface area contributed by atoms with Crippen LogP contribution in [0.3, 0.4) is 0 Å². The molecule has 1 aromatic rings. The van der Waals surface area contributed by atoms with Crippen molar-refractivity contribution in [1.82, 2.24) is 10.6 Å². The van der Waals surface area contributed by atoms with E-state index in [4.69, 9.17) is 4.74 Å². The Balaban J connectivity index is 1.78. The first-order valence-electron chi connectivity index (χ1n) is 8.39. The summed E-state index contributed by atoms with van der Waals surface area (Å²) in [6.45, 7) is 7.26. The molecule has 22 heavy (non-hydrogen) atoms. The highest BCUT2D eigenvalue weighted by molar-refractivity contribution is 5.77. The van der Waals surface area contributed by atoms with Crippen LogP contribution in [0, 0.1) is 5.92 Å². The van der Waals surface area contributed by atoms with Crippen LogP contribution in [0.25, 0.3) is 0 Å². The average molecular weight is 304 g/mol. The van der Waals surface area contributed by atoms with Crippen molar-refractivity contribution in [2.75, 3.05) is 26.2 Å². The lowest BCUT2D eigenvalue weighted by molar-refractivity contribution is -0.123. The molecule has 1 aliphatic rings. The zero-order valence-electron chi connectivity index (χ0n) is 13.7. The number of para-hydroxylation sites is 1. The minimum Gasteiger partial charge on any atom is -0.483 e. The Morgan fingerprint density at radius 2 is 2.27 bits per heavy atom. The Labute approximate surface area is 133 Å². The fraction of sp³-hybridized carbons (Fsp3) is 0.611. The average Bonchev–Trinajstić information content (AvgIpc) is 2.58. The molecule has 0 spiro atoms. The van der Waals surface area contributed by atoms with Crippen LogP contribution in [-0.4, -0.2) is 32.1 Å². The molecule has 1 heterocycles. The van der Waals surface area contributed by atoms with Gasteiger partial charge in [0.25, 0.3) is 5.91 Å². The van der Waals surface area contributed by atoms with Crippen LogP contribution in [0.1, 0.15) is 44.6 Å². The van der Waals surface area contributed by atoms with E-state index in [9.17, 15) is 4.79 Å². The first-order valence-corrected chi connectivity index (χ1v) is 8.39. The summed E-state index contributed by atoms with van der Waals surface area (Å²) in [6, 6.07) is 7.99. The maximum absolute atomic E-state index is 12.0. The Kier molecular flexibility index (Phi) is 6.72. The van der Waals surface area contributed by atoms with E-state index in [1.165, 1.54) is 18.4 Å². The summed E-state index contributed by atoms with van der Waals surface area (Å²) >= 11 is 0. The Morgan fingerprint density at radius 3 is 3.00 bits per heavy atom. The molecule has 1 aliphatic heterocycles. The number of carbonyl (C=O) groups is 1. The van der Waals surface area contributed by atoms with Crippen LogP contribution in [-0.2, 0) is 4.79 Å². The molecule has 122 valence electrons. The van der Waals surface area contributed by atoms with Gasteiger partial charge in [0.15, 0.2) is 6.61 Å². The highest BCUT2D eigenvalue weighted by Gasteiger charge is 2.15. The second kappa shape index (κ2) is 8.79. The summed E-state index contributed by atoms with van der Waals surface area (Å²) < 4.78 is 5.73. The van der Waals surface area contributed by atoms with Crippen molar-refractivity contribution in [2.45, 2.75) is 39.0 Å². The zero-order chi connectivity index (χ0) is 15.8. The molecule has 2 rings (SSSR count). The number of nitrogens with one attached hydrogen (secondary N) is 2. The van der Waals surface area contributed by atoms with Crippen molar-refractivity contribution in [3.05, 3.63) is 29.8 Å². The molecule has 1 amide bonds. The van der Waals surface area contributed by atoms with Gasteiger partial charge >= 0.3 is 0 Å². The third-order valence-electron chi connectivity index (χ3n) is 4.41. The minimum atomic E-state index is -0.0375. The van der Waals surface area contributed by atoms with E-state index >= 15 is 0 Å². The summed E-state index contributed by atoms with van der Waals surface area (Å²) in [6.07, 6.45) is 3.44. The van der Waals surface area contributed by atoms with Crippen molar-refractivity contribution in [3.8, 4) is 5.75 Å². The van der Waals surface area contributed by atoms with Crippen LogP contribution < -0.4 is 15.4 Å². The lowest BCUT2D eigenvalue weighted by atomic mass is 9.98. The van der Waals surface area contributed by atoms with Crippen LogP contribution in [0.15, 0.2) is 24.3 Å². The highest BCUT2D eigenvalue weighted by Crippen LogP contribution is 2.28. The number of hydrogen-bond acceptors (Lipinski definition) is 3. The predicted octanol–water partition coefficient (Wildman–Crippen LogP) is 2.69. The first-order chi connectivity index (χ1) is 10.7. The van der Waals surface area contributed by atoms with Crippen molar-refractivity contribution in [2.24, 2.45) is 5.92 Å². The Morgan fingerprint density at radius 1 is 1.45 bits per heavy atom. The van der Waals surface area contributed by atoms with Crippen molar-refractivity contribution >= 4 is 5.91 Å². The number of ether oxygens (including phenoxy) is 1. The SMILES string of the molecule is CCC(C)c1ccccc1OCC(=O)NCC1CCCNC1. The summed E-state index contributed by atoms with van der Waals surface area (Å²) in [5.41, 5.74) is 1.18. The molecule has 0 saturated carbocycles. The topological polar surface area (TPSA) is 50.4 Å². The van der Waals surface area contributed by atoms with Crippen LogP contribution in [0.4, 0.5) is 0 Å². The summed E-state index contributed by atoms with van der Waals surface area (Å²) in [4.78, 5) is 12.0. The summed E-state index contributed by atoms with van der Waals surface area (Å²) in [5, 5.41) is 6.34. The molecule has 0 radical (unpaired) electrons. The number of carbonyl (C=O) groups excluding carboxylic acids is 1. The Bertz CT molecular complexity index is 470. The monoisotopic (exact) mass is 304 g/mol. The first kappa shape index (κ1) is 16.8. The van der Waals surface area contributed by atoms with E-state index in [2.05, 4.69) is 30.5 Å². The fourth-order valence-corrected chi connectivity index (χ4v) is 2.79. The van der Waals surface area contributed by atoms with Gasteiger partial charge in [0.05, 0.1) is 0 Å². The van der Waals surface area contributed by atoms with Crippen LogP contribution in [0.2, 0.25) is 0 Å². The number of piperidine rings is 1. The normalized spacial score (nSPS) is 19.5. The van der Waals surface area contributed by atoms with E-state index in [1.54, 1.807) is 0 Å². The molecule has 1 fully saturated rings. The smallest absolute Gasteiger partial charge is 0.257 e. The van der Waals surface area contributed by atoms with Crippen molar-refractivity contribution in [3.63, 3.8) is 0 Å². The number of benzene rings is 1. The predicted molar refractivity (Wildman–Crippen MR) is 89.2 cm³/mol. The van der Waals surface area contributed by atoms with Gasteiger partial charge in [0.2, 0.25) is 0 Å². The molecule has 2 atom stereocenters. The van der Waals surface area contributed by atoms with Gasteiger partial charge in [-0.1, -0.05) is 32.0 Å². The molecular weight excluding hydrogens is 276 g/mol. The third kappa shape index (κ3) is 5.02. The molecular formula is C18H28N2O2. The maximum atomic E-state index is 12.0. The van der Waals surface area contributed by atoms with Gasteiger partial charge in [-0.05, 0) is 55.8 Å². The van der Waals surface area contributed by atoms with Gasteiger partial charge < -0.3 is 15.4 Å². The second-order valence-electron chi connectivity index (χ2n) is 6.15. The molecule has 2 unspecified atom stereocenters. The van der Waals surface area contributed by atoms with Crippen molar-refractivity contribution in [1.29, 1.82) is 0 Å². The molecule has 0 aromatic heterocycles. The molecule has 2 N–H and O–H groups in total. The van der Waals surface area contributed by atoms with E-state index in [-0.39, 0.29) is 12.5 Å². The number of amides is 1. The largest absolute Gasteiger partial charge is 0.483 e. The van der Waals surface area contributed by atoms with E-state index in [0.717, 1.165) is 31.8 Å². The fourth-order valence-electron chi connectivity index (χ4n) is 2.79. The maximum Gasteiger partial charge on any atom is 0.257 e. The molecule has 0 aliphatic carbocycles. The van der Waals surface area contributed by atoms with Gasteiger partial charge in [0.1, 0.15) is 5.75 Å². The van der Waals surface area contributed by atoms with E-state index in [1.807, 2.05) is 18.2 Å². The van der Waals surface area contributed by atoms with E-state index in [0.29, 0.717) is 11.8 Å². The van der Waals surface area contributed by atoms with Crippen molar-refractivity contribution < 1.29 is 9.53 Å². The quantitative estimate of drug-likeness (QED) is 0.814. The molecule has 1 saturated heterocycles. The third-order valence-corrected chi connectivity index (χ3v) is 4.41. The van der Waals surface area contributed by atoms with Crippen LogP contribution >= 0.6 is 0 Å². The Hall–Kier alpha value is -1.55. The molecule has 1 aromatic carbocycles. The van der Waals surface area contributed by atoms with E-state index < -0.39 is 0 Å². The summed E-state index contributed by atoms with van der Waals surface area (Å²) in [7, 11) is 0. The van der Waals surface area contributed by atoms with Gasteiger partial charge in [-0.3, -0.25) is 4.79 Å².